The molecule has 1 aromatic heterocycles. The normalized spacial score (nSPS) is 12.6. The molecule has 0 spiro atoms. The van der Waals surface area contributed by atoms with E-state index in [1.807, 2.05) is 12.3 Å². The van der Waals surface area contributed by atoms with Crippen molar-refractivity contribution < 1.29 is 4.74 Å². The van der Waals surface area contributed by atoms with E-state index in [1.54, 1.807) is 7.11 Å². The van der Waals surface area contributed by atoms with Crippen molar-refractivity contribution in [2.24, 2.45) is 0 Å². The number of nitrogens with one attached hydrogen (secondary N) is 2. The van der Waals surface area contributed by atoms with Crippen molar-refractivity contribution in [3.63, 3.8) is 0 Å². The van der Waals surface area contributed by atoms with Crippen LogP contribution in [0.1, 0.15) is 17.2 Å². The summed E-state index contributed by atoms with van der Waals surface area (Å²) in [5.41, 5.74) is 3.71. The summed E-state index contributed by atoms with van der Waals surface area (Å²) in [4.78, 5) is 3.22. The second kappa shape index (κ2) is 6.57. The first-order valence-corrected chi connectivity index (χ1v) is 7.20. The summed E-state index contributed by atoms with van der Waals surface area (Å²) in [6.07, 6.45) is 1.97. The van der Waals surface area contributed by atoms with Crippen molar-refractivity contribution in [1.29, 1.82) is 0 Å². The van der Waals surface area contributed by atoms with E-state index in [1.165, 1.54) is 22.0 Å². The highest BCUT2D eigenvalue weighted by atomic mass is 16.5. The molecule has 3 rings (SSSR count). The molecule has 0 aliphatic carbocycles. The lowest BCUT2D eigenvalue weighted by molar-refractivity contribution is 0.166. The molecule has 2 aromatic carbocycles. The molecule has 0 amide bonds. The quantitative estimate of drug-likeness (QED) is 0.723. The number of aromatic nitrogens is 1. The van der Waals surface area contributed by atoms with Crippen LogP contribution in [0.25, 0.3) is 10.9 Å². The van der Waals surface area contributed by atoms with E-state index in [2.05, 4.69) is 58.8 Å². The molecule has 108 valence electrons. The number of methoxy groups -OCH3 is 1. The Bertz CT molecular complexity index is 691. The molecule has 0 aliphatic heterocycles. The molecule has 0 unspecified atom stereocenters. The summed E-state index contributed by atoms with van der Waals surface area (Å²) in [5, 5.41) is 4.82. The van der Waals surface area contributed by atoms with Crippen molar-refractivity contribution in [3.8, 4) is 0 Å². The van der Waals surface area contributed by atoms with Gasteiger partial charge in [0.1, 0.15) is 0 Å². The minimum atomic E-state index is 0.207. The maximum absolute atomic E-state index is 5.34. The molecule has 2 N–H and O–H groups in total. The van der Waals surface area contributed by atoms with Gasteiger partial charge in [0, 0.05) is 25.4 Å². The van der Waals surface area contributed by atoms with Crippen LogP contribution in [-0.2, 0) is 11.3 Å². The summed E-state index contributed by atoms with van der Waals surface area (Å²) in [7, 11) is 1.74. The highest BCUT2D eigenvalue weighted by Gasteiger charge is 2.10. The monoisotopic (exact) mass is 280 g/mol. The molecule has 3 nitrogen and oxygen atoms in total. The van der Waals surface area contributed by atoms with Gasteiger partial charge in [0.05, 0.1) is 12.6 Å². The highest BCUT2D eigenvalue weighted by Crippen LogP contribution is 2.17. The van der Waals surface area contributed by atoms with Gasteiger partial charge in [0.2, 0.25) is 0 Å². The predicted octanol–water partition coefficient (Wildman–Crippen LogP) is 3.65. The van der Waals surface area contributed by atoms with Crippen LogP contribution in [0.3, 0.4) is 0 Å². The highest BCUT2D eigenvalue weighted by molar-refractivity contribution is 5.79. The number of hydrogen-bond donors (Lipinski definition) is 2. The van der Waals surface area contributed by atoms with E-state index in [0.29, 0.717) is 6.61 Å². The molecule has 0 aliphatic rings. The molecule has 0 fully saturated rings. The van der Waals surface area contributed by atoms with Crippen molar-refractivity contribution in [1.82, 2.24) is 10.3 Å². The topological polar surface area (TPSA) is 37.0 Å². The Morgan fingerprint density at radius 2 is 1.95 bits per heavy atom. The molecular formula is C18H20N2O. The fourth-order valence-electron chi connectivity index (χ4n) is 2.58. The van der Waals surface area contributed by atoms with Gasteiger partial charge < -0.3 is 15.0 Å². The maximum Gasteiger partial charge on any atom is 0.0657 e. The first-order valence-electron chi connectivity index (χ1n) is 7.20. The van der Waals surface area contributed by atoms with Crippen molar-refractivity contribution >= 4 is 10.9 Å². The van der Waals surface area contributed by atoms with Gasteiger partial charge in [-0.25, -0.2) is 0 Å². The summed E-state index contributed by atoms with van der Waals surface area (Å²) in [5.74, 6) is 0. The van der Waals surface area contributed by atoms with Gasteiger partial charge in [0.15, 0.2) is 0 Å². The average molecular weight is 280 g/mol. The maximum atomic E-state index is 5.34. The van der Waals surface area contributed by atoms with Crippen LogP contribution in [0.2, 0.25) is 0 Å². The van der Waals surface area contributed by atoms with Crippen LogP contribution < -0.4 is 5.32 Å². The van der Waals surface area contributed by atoms with Crippen LogP contribution in [0.4, 0.5) is 0 Å². The van der Waals surface area contributed by atoms with Gasteiger partial charge in [0.25, 0.3) is 0 Å². The largest absolute Gasteiger partial charge is 0.383 e. The Hall–Kier alpha value is -2.10. The third-order valence-corrected chi connectivity index (χ3v) is 3.71. The van der Waals surface area contributed by atoms with E-state index < -0.39 is 0 Å². The predicted molar refractivity (Wildman–Crippen MR) is 86.2 cm³/mol. The summed E-state index contributed by atoms with van der Waals surface area (Å²) >= 11 is 0. The number of H-pyrrole nitrogens is 1. The minimum absolute atomic E-state index is 0.207. The molecule has 3 heteroatoms. The van der Waals surface area contributed by atoms with Gasteiger partial charge >= 0.3 is 0 Å². The first-order chi connectivity index (χ1) is 10.4. The molecule has 3 aromatic rings. The van der Waals surface area contributed by atoms with Crippen LogP contribution in [0.5, 0.6) is 0 Å². The molecule has 21 heavy (non-hydrogen) atoms. The van der Waals surface area contributed by atoms with Gasteiger partial charge in [-0.2, -0.15) is 0 Å². The van der Waals surface area contributed by atoms with Crippen molar-refractivity contribution in [2.75, 3.05) is 13.7 Å². The molecule has 0 saturated carbocycles. The molecule has 0 radical (unpaired) electrons. The fraction of sp³-hybridized carbons (Fsp3) is 0.222. The minimum Gasteiger partial charge on any atom is -0.383 e. The van der Waals surface area contributed by atoms with Crippen LogP contribution in [0.15, 0.2) is 60.8 Å². The Labute approximate surface area is 125 Å². The van der Waals surface area contributed by atoms with Crippen LogP contribution in [0, 0.1) is 0 Å². The number of ether oxygens (including phenoxy) is 1. The molecule has 1 atom stereocenters. The smallest absolute Gasteiger partial charge is 0.0657 e. The van der Waals surface area contributed by atoms with E-state index in [0.717, 1.165) is 6.54 Å². The third kappa shape index (κ3) is 3.32. The molecule has 0 saturated heterocycles. The standard InChI is InChI=1S/C18H20N2O/c1-21-13-18(15-5-3-2-4-6-15)20-12-14-7-8-17-16(11-14)9-10-19-17/h2-11,18-20H,12-13H2,1H3/t18-/m0/s1. The SMILES string of the molecule is COC[C@H](NCc1ccc2[nH]ccc2c1)c1ccccc1. The van der Waals surface area contributed by atoms with Gasteiger partial charge in [-0.3, -0.25) is 0 Å². The lowest BCUT2D eigenvalue weighted by Crippen LogP contribution is -2.24. The lowest BCUT2D eigenvalue weighted by atomic mass is 10.1. The molecule has 1 heterocycles. The van der Waals surface area contributed by atoms with E-state index in [-0.39, 0.29) is 6.04 Å². The van der Waals surface area contributed by atoms with Crippen LogP contribution in [-0.4, -0.2) is 18.7 Å². The van der Waals surface area contributed by atoms with E-state index >= 15 is 0 Å². The molecule has 0 bridgehead atoms. The van der Waals surface area contributed by atoms with E-state index in [9.17, 15) is 0 Å². The van der Waals surface area contributed by atoms with Crippen molar-refractivity contribution in [3.05, 3.63) is 71.9 Å². The van der Waals surface area contributed by atoms with Crippen molar-refractivity contribution in [2.45, 2.75) is 12.6 Å². The number of aromatic amines is 1. The number of benzene rings is 2. The number of hydrogen-bond acceptors (Lipinski definition) is 2. The van der Waals surface area contributed by atoms with Gasteiger partial charge in [-0.15, -0.1) is 0 Å². The number of fused-ring (bicyclic) bond motifs is 1. The third-order valence-electron chi connectivity index (χ3n) is 3.71. The number of rotatable bonds is 6. The van der Waals surface area contributed by atoms with Gasteiger partial charge in [-0.1, -0.05) is 36.4 Å². The zero-order valence-electron chi connectivity index (χ0n) is 12.2. The van der Waals surface area contributed by atoms with E-state index in [4.69, 9.17) is 4.74 Å². The Kier molecular flexibility index (Phi) is 4.34. The summed E-state index contributed by atoms with van der Waals surface area (Å²) in [6, 6.07) is 19.2. The average Bonchev–Trinajstić information content (AvgIpc) is 3.00. The second-order valence-corrected chi connectivity index (χ2v) is 5.20. The molecular weight excluding hydrogens is 260 g/mol. The zero-order chi connectivity index (χ0) is 14.5. The second-order valence-electron chi connectivity index (χ2n) is 5.20. The zero-order valence-corrected chi connectivity index (χ0v) is 12.2. The summed E-state index contributed by atoms with van der Waals surface area (Å²) in [6.45, 7) is 1.49. The summed E-state index contributed by atoms with van der Waals surface area (Å²) < 4.78 is 5.34. The lowest BCUT2D eigenvalue weighted by Gasteiger charge is -2.18. The first kappa shape index (κ1) is 13.9. The van der Waals surface area contributed by atoms with Gasteiger partial charge in [-0.05, 0) is 34.7 Å². The Balaban J connectivity index is 1.71. The van der Waals surface area contributed by atoms with Crippen LogP contribution >= 0.6 is 0 Å². The fourth-order valence-corrected chi connectivity index (χ4v) is 2.58. The Morgan fingerprint density at radius 3 is 2.76 bits per heavy atom. The Morgan fingerprint density at radius 1 is 1.10 bits per heavy atom.